The third kappa shape index (κ3) is 4.23. The Hall–Kier alpha value is -1.02. The SMILES string of the molecule is CCOC(CCS(=O)(=O)c1nc2ccccc2s1)OCC. The maximum Gasteiger partial charge on any atom is 0.210 e. The maximum absolute atomic E-state index is 12.4. The van der Waals surface area contributed by atoms with E-state index in [4.69, 9.17) is 9.47 Å². The average Bonchev–Trinajstić information content (AvgIpc) is 2.90. The molecule has 0 atom stereocenters. The van der Waals surface area contributed by atoms with Crippen LogP contribution in [-0.4, -0.2) is 38.7 Å². The van der Waals surface area contributed by atoms with Gasteiger partial charge in [0.05, 0.1) is 16.0 Å². The van der Waals surface area contributed by atoms with Gasteiger partial charge in [-0.2, -0.15) is 0 Å². The molecule has 0 radical (unpaired) electrons. The van der Waals surface area contributed by atoms with E-state index in [0.29, 0.717) is 25.2 Å². The molecule has 0 bridgehead atoms. The van der Waals surface area contributed by atoms with E-state index in [9.17, 15) is 8.42 Å². The zero-order chi connectivity index (χ0) is 15.3. The molecule has 0 fully saturated rings. The predicted molar refractivity (Wildman–Crippen MR) is 83.3 cm³/mol. The number of hydrogen-bond acceptors (Lipinski definition) is 6. The Labute approximate surface area is 128 Å². The fourth-order valence-corrected chi connectivity index (χ4v) is 4.55. The van der Waals surface area contributed by atoms with E-state index in [1.807, 2.05) is 38.1 Å². The molecule has 7 heteroatoms. The summed E-state index contributed by atoms with van der Waals surface area (Å²) in [4.78, 5) is 4.20. The van der Waals surface area contributed by atoms with E-state index in [1.165, 1.54) is 11.3 Å². The lowest BCUT2D eigenvalue weighted by atomic mass is 10.3. The van der Waals surface area contributed by atoms with Crippen LogP contribution in [0.1, 0.15) is 20.3 Å². The minimum absolute atomic E-state index is 0.0303. The second-order valence-corrected chi connectivity index (χ2v) is 7.71. The zero-order valence-electron chi connectivity index (χ0n) is 12.1. The highest BCUT2D eigenvalue weighted by molar-refractivity contribution is 7.93. The van der Waals surface area contributed by atoms with E-state index in [2.05, 4.69) is 4.98 Å². The second-order valence-electron chi connectivity index (χ2n) is 4.40. The Bertz CT molecular complexity index is 642. The Balaban J connectivity index is 2.10. The van der Waals surface area contributed by atoms with Crippen LogP contribution in [0.5, 0.6) is 0 Å². The predicted octanol–water partition coefficient (Wildman–Crippen LogP) is 2.86. The van der Waals surface area contributed by atoms with Crippen molar-refractivity contribution < 1.29 is 17.9 Å². The monoisotopic (exact) mass is 329 g/mol. The second kappa shape index (κ2) is 7.31. The van der Waals surface area contributed by atoms with Crippen LogP contribution in [0.3, 0.4) is 0 Å². The number of nitrogens with zero attached hydrogens (tertiary/aromatic N) is 1. The maximum atomic E-state index is 12.4. The molecule has 0 N–H and O–H groups in total. The minimum atomic E-state index is -3.41. The first kappa shape index (κ1) is 16.4. The van der Waals surface area contributed by atoms with Crippen LogP contribution in [0.2, 0.25) is 0 Å². The van der Waals surface area contributed by atoms with Crippen molar-refractivity contribution in [1.29, 1.82) is 0 Å². The molecular formula is C14H19NO4S2. The fourth-order valence-electron chi connectivity index (χ4n) is 1.91. The molecule has 1 aromatic heterocycles. The van der Waals surface area contributed by atoms with Crippen LogP contribution in [0.15, 0.2) is 28.6 Å². The van der Waals surface area contributed by atoms with E-state index >= 15 is 0 Å². The standard InChI is InChI=1S/C14H19NO4S2/c1-3-18-13(19-4-2)9-10-21(16,17)14-15-11-7-5-6-8-12(11)20-14/h5-8,13H,3-4,9-10H2,1-2H3. The van der Waals surface area contributed by atoms with Crippen molar-refractivity contribution in [1.82, 2.24) is 4.98 Å². The first-order valence-corrected chi connectivity index (χ1v) is 9.35. The number of ether oxygens (including phenoxy) is 2. The van der Waals surface area contributed by atoms with Crippen LogP contribution in [-0.2, 0) is 19.3 Å². The highest BCUT2D eigenvalue weighted by Crippen LogP contribution is 2.26. The molecule has 2 rings (SSSR count). The largest absolute Gasteiger partial charge is 0.353 e. The summed E-state index contributed by atoms with van der Waals surface area (Å²) in [6, 6.07) is 7.40. The lowest BCUT2D eigenvalue weighted by molar-refractivity contribution is -0.136. The van der Waals surface area contributed by atoms with Gasteiger partial charge in [0.15, 0.2) is 6.29 Å². The smallest absolute Gasteiger partial charge is 0.210 e. The normalized spacial score (nSPS) is 12.3. The summed E-state index contributed by atoms with van der Waals surface area (Å²) < 4.78 is 36.5. The van der Waals surface area contributed by atoms with Crippen molar-refractivity contribution in [2.24, 2.45) is 0 Å². The Morgan fingerprint density at radius 1 is 1.19 bits per heavy atom. The summed E-state index contributed by atoms with van der Waals surface area (Å²) in [6.07, 6.45) is -0.177. The number of rotatable bonds is 8. The molecular weight excluding hydrogens is 310 g/mol. The van der Waals surface area contributed by atoms with Crippen LogP contribution in [0.4, 0.5) is 0 Å². The van der Waals surface area contributed by atoms with E-state index in [0.717, 1.165) is 4.70 Å². The Morgan fingerprint density at radius 2 is 1.86 bits per heavy atom. The van der Waals surface area contributed by atoms with Crippen molar-refractivity contribution in [3.8, 4) is 0 Å². The summed E-state index contributed by atoms with van der Waals surface area (Å²) in [5.74, 6) is -0.0303. The van der Waals surface area contributed by atoms with Crippen LogP contribution < -0.4 is 0 Å². The number of sulfone groups is 1. The Kier molecular flexibility index (Phi) is 5.69. The molecule has 0 aliphatic rings. The molecule has 0 saturated carbocycles. The van der Waals surface area contributed by atoms with Crippen LogP contribution >= 0.6 is 11.3 Å². The number of benzene rings is 1. The molecule has 21 heavy (non-hydrogen) atoms. The summed E-state index contributed by atoms with van der Waals surface area (Å²) in [5, 5.41) is 0. The van der Waals surface area contributed by atoms with Crippen molar-refractivity contribution in [3.63, 3.8) is 0 Å². The molecule has 2 aromatic rings. The van der Waals surface area contributed by atoms with Crippen molar-refractivity contribution in [2.45, 2.75) is 30.9 Å². The number of hydrogen-bond donors (Lipinski definition) is 0. The molecule has 116 valence electrons. The van der Waals surface area contributed by atoms with Gasteiger partial charge in [-0.3, -0.25) is 0 Å². The molecule has 0 aliphatic heterocycles. The molecule has 5 nitrogen and oxygen atoms in total. The van der Waals surface area contributed by atoms with Gasteiger partial charge in [-0.15, -0.1) is 11.3 Å². The van der Waals surface area contributed by atoms with Gasteiger partial charge in [-0.25, -0.2) is 13.4 Å². The quantitative estimate of drug-likeness (QED) is 0.697. The van der Waals surface area contributed by atoms with Crippen LogP contribution in [0, 0.1) is 0 Å². The van der Waals surface area contributed by atoms with Gasteiger partial charge in [0.25, 0.3) is 0 Å². The summed E-state index contributed by atoms with van der Waals surface area (Å²) in [7, 11) is -3.41. The average molecular weight is 329 g/mol. The molecule has 0 saturated heterocycles. The number of aromatic nitrogens is 1. The zero-order valence-corrected chi connectivity index (χ0v) is 13.7. The lowest BCUT2D eigenvalue weighted by Crippen LogP contribution is -2.21. The van der Waals surface area contributed by atoms with E-state index in [1.54, 1.807) is 0 Å². The van der Waals surface area contributed by atoms with Crippen molar-refractivity contribution >= 4 is 31.4 Å². The summed E-state index contributed by atoms with van der Waals surface area (Å²) in [5.41, 5.74) is 0.715. The minimum Gasteiger partial charge on any atom is -0.353 e. The number of para-hydroxylation sites is 1. The summed E-state index contributed by atoms with van der Waals surface area (Å²) in [6.45, 7) is 4.69. The topological polar surface area (TPSA) is 65.5 Å². The van der Waals surface area contributed by atoms with Gasteiger partial charge in [0.1, 0.15) is 0 Å². The molecule has 1 aromatic carbocycles. The highest BCUT2D eigenvalue weighted by atomic mass is 32.2. The third-order valence-corrected chi connectivity index (χ3v) is 6.11. The lowest BCUT2D eigenvalue weighted by Gasteiger charge is -2.16. The number of thiazole rings is 1. The highest BCUT2D eigenvalue weighted by Gasteiger charge is 2.22. The number of fused-ring (bicyclic) bond motifs is 1. The molecule has 0 amide bonds. The van der Waals surface area contributed by atoms with Crippen LogP contribution in [0.25, 0.3) is 10.2 Å². The van der Waals surface area contributed by atoms with E-state index in [-0.39, 0.29) is 10.1 Å². The van der Waals surface area contributed by atoms with Crippen molar-refractivity contribution in [3.05, 3.63) is 24.3 Å². The molecule has 0 unspecified atom stereocenters. The van der Waals surface area contributed by atoms with Gasteiger partial charge in [0.2, 0.25) is 14.2 Å². The first-order valence-electron chi connectivity index (χ1n) is 6.88. The molecule has 0 aliphatic carbocycles. The van der Waals surface area contributed by atoms with Gasteiger partial charge in [0, 0.05) is 19.6 Å². The fraction of sp³-hybridized carbons (Fsp3) is 0.500. The van der Waals surface area contributed by atoms with Crippen molar-refractivity contribution in [2.75, 3.05) is 19.0 Å². The third-order valence-electron chi connectivity index (χ3n) is 2.87. The Morgan fingerprint density at radius 3 is 2.48 bits per heavy atom. The van der Waals surface area contributed by atoms with E-state index < -0.39 is 16.1 Å². The van der Waals surface area contributed by atoms with Gasteiger partial charge in [-0.05, 0) is 26.0 Å². The first-order chi connectivity index (χ1) is 10.1. The van der Waals surface area contributed by atoms with Gasteiger partial charge < -0.3 is 9.47 Å². The summed E-state index contributed by atoms with van der Waals surface area (Å²) >= 11 is 1.20. The van der Waals surface area contributed by atoms with Gasteiger partial charge >= 0.3 is 0 Å². The van der Waals surface area contributed by atoms with Gasteiger partial charge in [-0.1, -0.05) is 12.1 Å². The molecule has 1 heterocycles. The molecule has 0 spiro atoms.